The molecule has 0 spiro atoms. The maximum Gasteiger partial charge on any atom is 0.274 e. The fourth-order valence-electron chi connectivity index (χ4n) is 1.45. The Kier molecular flexibility index (Phi) is 3.10. The number of hydrogen-bond acceptors (Lipinski definition) is 3. The molecule has 6 heteroatoms. The Bertz CT molecular complexity index is 544. The van der Waals surface area contributed by atoms with Gasteiger partial charge in [0.2, 0.25) is 5.95 Å². The van der Waals surface area contributed by atoms with Gasteiger partial charge in [-0.3, -0.25) is 10.1 Å². The molecule has 2 aromatic heterocycles. The summed E-state index contributed by atoms with van der Waals surface area (Å²) >= 11 is 5.78. The third-order valence-electron chi connectivity index (χ3n) is 2.22. The Morgan fingerprint density at radius 1 is 1.47 bits per heavy atom. The lowest BCUT2D eigenvalue weighted by Gasteiger charge is -2.05. The van der Waals surface area contributed by atoms with E-state index in [1.807, 2.05) is 0 Å². The number of carbonyl (C=O) groups excluding carboxylic acids is 1. The zero-order chi connectivity index (χ0) is 12.4. The lowest BCUT2D eigenvalue weighted by molar-refractivity contribution is 0.101. The Morgan fingerprint density at radius 2 is 2.24 bits per heavy atom. The number of amides is 1. The molecule has 0 aliphatic carbocycles. The zero-order valence-corrected chi connectivity index (χ0v) is 10.2. The highest BCUT2D eigenvalue weighted by molar-refractivity contribution is 6.29. The molecule has 1 amide bonds. The van der Waals surface area contributed by atoms with Gasteiger partial charge < -0.3 is 4.57 Å². The molecular weight excluding hydrogens is 240 g/mol. The lowest BCUT2D eigenvalue weighted by atomic mass is 10.4. The number of hydrogen-bond donors (Lipinski definition) is 1. The van der Waals surface area contributed by atoms with Crippen molar-refractivity contribution in [1.82, 2.24) is 14.5 Å². The van der Waals surface area contributed by atoms with Gasteiger partial charge in [-0.05, 0) is 25.1 Å². The van der Waals surface area contributed by atoms with Gasteiger partial charge >= 0.3 is 0 Å². The molecule has 0 unspecified atom stereocenters. The molecule has 2 heterocycles. The summed E-state index contributed by atoms with van der Waals surface area (Å²) in [5, 5.41) is 2.91. The van der Waals surface area contributed by atoms with Gasteiger partial charge in [0.25, 0.3) is 5.91 Å². The van der Waals surface area contributed by atoms with Crippen LogP contribution in [0.4, 0.5) is 5.95 Å². The normalized spacial score (nSPS) is 10.3. The first-order valence-corrected chi connectivity index (χ1v) is 5.38. The predicted octanol–water partition coefficient (Wildman–Crippen LogP) is 2.03. The Morgan fingerprint density at radius 3 is 2.82 bits per heavy atom. The molecule has 88 valence electrons. The molecule has 1 N–H and O–H groups in total. The fourth-order valence-corrected chi connectivity index (χ4v) is 1.69. The van der Waals surface area contributed by atoms with Crippen molar-refractivity contribution in [2.24, 2.45) is 7.05 Å². The smallest absolute Gasteiger partial charge is 0.274 e. The minimum absolute atomic E-state index is 0.209. The third kappa shape index (κ3) is 2.62. The summed E-state index contributed by atoms with van der Waals surface area (Å²) in [5.41, 5.74) is 1.23. The Hall–Kier alpha value is -1.88. The molecular formula is C11H11ClN4O. The number of aromatic nitrogens is 3. The number of nitrogens with zero attached hydrogens (tertiary/aromatic N) is 3. The lowest BCUT2D eigenvalue weighted by Crippen LogP contribution is -2.17. The van der Waals surface area contributed by atoms with Gasteiger partial charge in [-0.1, -0.05) is 11.6 Å². The second-order valence-corrected chi connectivity index (χ2v) is 4.00. The van der Waals surface area contributed by atoms with E-state index in [0.29, 0.717) is 16.5 Å². The maximum absolute atomic E-state index is 11.9. The summed E-state index contributed by atoms with van der Waals surface area (Å²) < 4.78 is 1.72. The highest BCUT2D eigenvalue weighted by atomic mass is 35.5. The van der Waals surface area contributed by atoms with Gasteiger partial charge in [-0.15, -0.1) is 0 Å². The van der Waals surface area contributed by atoms with Crippen LogP contribution in [0, 0.1) is 6.92 Å². The number of rotatable bonds is 2. The molecule has 0 fully saturated rings. The van der Waals surface area contributed by atoms with Crippen molar-refractivity contribution in [2.75, 3.05) is 5.32 Å². The van der Waals surface area contributed by atoms with Crippen molar-refractivity contribution in [1.29, 1.82) is 0 Å². The van der Waals surface area contributed by atoms with Gasteiger partial charge in [0, 0.05) is 18.9 Å². The number of halogens is 1. The summed E-state index contributed by atoms with van der Waals surface area (Å²) in [6.45, 7) is 1.78. The number of carbonyl (C=O) groups is 1. The van der Waals surface area contributed by atoms with E-state index in [4.69, 9.17) is 11.6 Å². The van der Waals surface area contributed by atoms with Gasteiger partial charge in [0.1, 0.15) is 10.8 Å². The minimum atomic E-state index is -0.265. The second kappa shape index (κ2) is 4.55. The van der Waals surface area contributed by atoms with Gasteiger partial charge in [-0.2, -0.15) is 0 Å². The molecule has 0 saturated carbocycles. The van der Waals surface area contributed by atoms with Crippen molar-refractivity contribution < 1.29 is 4.79 Å². The van der Waals surface area contributed by atoms with E-state index in [2.05, 4.69) is 15.3 Å². The van der Waals surface area contributed by atoms with Gasteiger partial charge in [0.15, 0.2) is 0 Å². The van der Waals surface area contributed by atoms with Crippen LogP contribution >= 0.6 is 11.6 Å². The predicted molar refractivity (Wildman–Crippen MR) is 65.1 cm³/mol. The summed E-state index contributed by atoms with van der Waals surface area (Å²) in [6, 6.07) is 5.13. The topological polar surface area (TPSA) is 59.8 Å². The summed E-state index contributed by atoms with van der Waals surface area (Å²) in [7, 11) is 1.79. The van der Waals surface area contributed by atoms with Crippen LogP contribution in [0.3, 0.4) is 0 Å². The molecule has 0 bridgehead atoms. The summed E-state index contributed by atoms with van der Waals surface area (Å²) in [6.07, 6.45) is 1.79. The van der Waals surface area contributed by atoms with Crippen LogP contribution < -0.4 is 5.32 Å². The summed E-state index contributed by atoms with van der Waals surface area (Å²) in [5.74, 6) is -0.0552. The van der Waals surface area contributed by atoms with Crippen LogP contribution in [0.25, 0.3) is 0 Å². The molecule has 0 aliphatic heterocycles. The van der Waals surface area contributed by atoms with Gasteiger partial charge in [0.05, 0.1) is 0 Å². The van der Waals surface area contributed by atoms with Crippen molar-refractivity contribution in [3.63, 3.8) is 0 Å². The Balaban J connectivity index is 2.21. The largest absolute Gasteiger partial charge is 0.347 e. The number of nitrogens with one attached hydrogen (secondary N) is 1. The SMILES string of the molecule is Cc1cc(Cl)nc(NC(=O)c2cccn2C)n1. The second-order valence-electron chi connectivity index (χ2n) is 3.61. The van der Waals surface area contributed by atoms with Crippen molar-refractivity contribution in [2.45, 2.75) is 6.92 Å². The first-order valence-electron chi connectivity index (χ1n) is 5.00. The van der Waals surface area contributed by atoms with E-state index in [0.717, 1.165) is 0 Å². The van der Waals surface area contributed by atoms with E-state index >= 15 is 0 Å². The molecule has 2 rings (SSSR count). The molecule has 2 aromatic rings. The quantitative estimate of drug-likeness (QED) is 0.830. The van der Waals surface area contributed by atoms with E-state index in [1.54, 1.807) is 42.9 Å². The molecule has 17 heavy (non-hydrogen) atoms. The van der Waals surface area contributed by atoms with E-state index in [9.17, 15) is 4.79 Å². The molecule has 0 aromatic carbocycles. The zero-order valence-electron chi connectivity index (χ0n) is 9.44. The minimum Gasteiger partial charge on any atom is -0.347 e. The standard InChI is InChI=1S/C11H11ClN4O/c1-7-6-9(12)14-11(13-7)15-10(17)8-4-3-5-16(8)2/h3-6H,1-2H3,(H,13,14,15,17). The van der Waals surface area contributed by atoms with Crippen LogP contribution in [0.1, 0.15) is 16.2 Å². The fraction of sp³-hybridized carbons (Fsp3) is 0.182. The van der Waals surface area contributed by atoms with Crippen molar-refractivity contribution >= 4 is 23.5 Å². The molecule has 0 saturated heterocycles. The van der Waals surface area contributed by atoms with E-state index in [1.165, 1.54) is 0 Å². The van der Waals surface area contributed by atoms with Crippen LogP contribution in [-0.2, 0) is 7.05 Å². The van der Waals surface area contributed by atoms with Crippen LogP contribution in [0.2, 0.25) is 5.15 Å². The molecule has 0 atom stereocenters. The molecule has 5 nitrogen and oxygen atoms in total. The van der Waals surface area contributed by atoms with Gasteiger partial charge in [-0.25, -0.2) is 9.97 Å². The first-order chi connectivity index (χ1) is 8.06. The maximum atomic E-state index is 11.9. The first kappa shape index (κ1) is 11.6. The molecule has 0 aliphatic rings. The number of anilines is 1. The highest BCUT2D eigenvalue weighted by Gasteiger charge is 2.11. The van der Waals surface area contributed by atoms with Crippen LogP contribution in [-0.4, -0.2) is 20.4 Å². The Labute approximate surface area is 103 Å². The number of aryl methyl sites for hydroxylation is 2. The van der Waals surface area contributed by atoms with E-state index in [-0.39, 0.29) is 11.9 Å². The van der Waals surface area contributed by atoms with E-state index < -0.39 is 0 Å². The summed E-state index contributed by atoms with van der Waals surface area (Å²) in [4.78, 5) is 19.9. The molecule has 0 radical (unpaired) electrons. The van der Waals surface area contributed by atoms with Crippen molar-refractivity contribution in [3.8, 4) is 0 Å². The average Bonchev–Trinajstić information content (AvgIpc) is 2.62. The highest BCUT2D eigenvalue weighted by Crippen LogP contribution is 2.10. The average molecular weight is 251 g/mol. The van der Waals surface area contributed by atoms with Crippen LogP contribution in [0.5, 0.6) is 0 Å². The van der Waals surface area contributed by atoms with Crippen molar-refractivity contribution in [3.05, 3.63) is 40.9 Å². The van der Waals surface area contributed by atoms with Crippen LogP contribution in [0.15, 0.2) is 24.4 Å². The third-order valence-corrected chi connectivity index (χ3v) is 2.42. The monoisotopic (exact) mass is 250 g/mol.